The van der Waals surface area contributed by atoms with E-state index in [4.69, 9.17) is 11.4 Å². The van der Waals surface area contributed by atoms with Crippen LogP contribution in [0.1, 0.15) is 29.4 Å². The van der Waals surface area contributed by atoms with Crippen LogP contribution in [0.15, 0.2) is 115 Å². The predicted molar refractivity (Wildman–Crippen MR) is 243 cm³/mol. The van der Waals surface area contributed by atoms with E-state index in [9.17, 15) is 0 Å². The molecule has 0 bridgehead atoms. The second-order valence-corrected chi connectivity index (χ2v) is 14.3. The van der Waals surface area contributed by atoms with E-state index in [0.717, 1.165) is 40.9 Å². The Hall–Kier alpha value is -5.52. The highest BCUT2D eigenvalue weighted by Crippen LogP contribution is 2.44. The van der Waals surface area contributed by atoms with E-state index in [1.807, 2.05) is 0 Å². The molecule has 8 heteroatoms. The number of para-hydroxylation sites is 2. The van der Waals surface area contributed by atoms with Gasteiger partial charge in [-0.3, -0.25) is 4.57 Å². The van der Waals surface area contributed by atoms with Crippen molar-refractivity contribution in [2.75, 3.05) is 0 Å². The first-order valence-electron chi connectivity index (χ1n) is 18.4. The number of hydrogen-bond acceptors (Lipinski definition) is 1. The van der Waals surface area contributed by atoms with Gasteiger partial charge in [0.25, 0.3) is 0 Å². The quantitative estimate of drug-likeness (QED) is 0.152. The SMILES string of the molecule is B/C(C#C)=C(\B)c1c(B)c(B)c(B)c(B)c1Cc1c2ccccc2c(-c2ccc(-n3c(CC)nc4ccccc43)c3ccccc23)c2ccccc12. The van der Waals surface area contributed by atoms with Crippen LogP contribution in [-0.2, 0) is 12.8 Å². The van der Waals surface area contributed by atoms with Gasteiger partial charge >= 0.3 is 0 Å². The maximum Gasteiger partial charge on any atom is 0.149 e. The molecule has 0 atom stereocenters. The minimum atomic E-state index is 0.812. The zero-order valence-corrected chi connectivity index (χ0v) is 31.3. The maximum atomic E-state index is 5.99. The van der Waals surface area contributed by atoms with Crippen LogP contribution in [0, 0.1) is 12.3 Å². The summed E-state index contributed by atoms with van der Waals surface area (Å²) >= 11 is 0. The van der Waals surface area contributed by atoms with Gasteiger partial charge in [0.05, 0.1) is 16.7 Å². The summed E-state index contributed by atoms with van der Waals surface area (Å²) < 4.78 is 2.35. The highest BCUT2D eigenvalue weighted by Gasteiger charge is 2.22. The lowest BCUT2D eigenvalue weighted by molar-refractivity contribution is 0.913. The fourth-order valence-corrected chi connectivity index (χ4v) is 8.57. The van der Waals surface area contributed by atoms with Crippen LogP contribution in [-0.4, -0.2) is 56.6 Å². The van der Waals surface area contributed by atoms with Gasteiger partial charge in [0.15, 0.2) is 0 Å². The van der Waals surface area contributed by atoms with Crippen molar-refractivity contribution in [3.05, 3.63) is 137 Å². The molecule has 0 radical (unpaired) electrons. The van der Waals surface area contributed by atoms with Crippen LogP contribution in [0.25, 0.3) is 65.6 Å². The third-order valence-corrected chi connectivity index (χ3v) is 11.7. The van der Waals surface area contributed by atoms with E-state index in [1.54, 1.807) is 0 Å². The average Bonchev–Trinajstić information content (AvgIpc) is 3.56. The fourth-order valence-electron chi connectivity index (χ4n) is 8.57. The molecule has 0 aliphatic heterocycles. The normalized spacial score (nSPS) is 12.1. The first kappa shape index (κ1) is 33.6. The molecule has 0 amide bonds. The fraction of sp³-hybridized carbons (Fsp3) is 0.0682. The van der Waals surface area contributed by atoms with Crippen LogP contribution in [0.5, 0.6) is 0 Å². The second-order valence-electron chi connectivity index (χ2n) is 14.3. The van der Waals surface area contributed by atoms with Gasteiger partial charge in [-0.25, -0.2) is 4.98 Å². The Kier molecular flexibility index (Phi) is 8.55. The predicted octanol–water partition coefficient (Wildman–Crippen LogP) is 1.91. The van der Waals surface area contributed by atoms with E-state index in [0.29, 0.717) is 0 Å². The number of aryl methyl sites for hydroxylation is 1. The maximum absolute atomic E-state index is 5.99. The number of nitrogens with zero attached hydrogens (tertiary/aromatic N) is 2. The molecule has 0 fully saturated rings. The standard InChI is InChI=1S/C44H38B6N2/c1-3-33(45)41(47)39-32(40(46)43(49)44(50)42(39)48)23-31-25-14-6-9-17-28(25)38(29-18-10-7-15-26(29)31)30-21-22-35(27-16-8-5-13-24(27)30)52-36-20-12-11-19-34(36)51-37(52)4-2/h1,5-22H,4,23,45-50H2,2H3/b41-33-. The summed E-state index contributed by atoms with van der Waals surface area (Å²) in [6, 6.07) is 40.0. The molecule has 8 rings (SSSR count). The zero-order chi connectivity index (χ0) is 36.3. The number of aromatic nitrogens is 2. The lowest BCUT2D eigenvalue weighted by atomic mass is 9.59. The van der Waals surface area contributed by atoms with E-state index < -0.39 is 0 Å². The molecule has 2 nitrogen and oxygen atoms in total. The van der Waals surface area contributed by atoms with Crippen molar-refractivity contribution < 1.29 is 0 Å². The Morgan fingerprint density at radius 2 is 1.19 bits per heavy atom. The van der Waals surface area contributed by atoms with E-state index in [-0.39, 0.29) is 0 Å². The van der Waals surface area contributed by atoms with Crippen LogP contribution in [0.2, 0.25) is 0 Å². The van der Waals surface area contributed by atoms with Crippen molar-refractivity contribution in [2.24, 2.45) is 0 Å². The topological polar surface area (TPSA) is 17.8 Å². The highest BCUT2D eigenvalue weighted by molar-refractivity contribution is 6.65. The molecule has 7 aromatic carbocycles. The van der Waals surface area contributed by atoms with Gasteiger partial charge in [0.2, 0.25) is 0 Å². The Bertz CT molecular complexity index is 2790. The molecular formula is C44H38B6N2. The summed E-state index contributed by atoms with van der Waals surface area (Å²) in [7, 11) is 13.3. The number of imidazole rings is 1. The molecule has 0 N–H and O–H groups in total. The van der Waals surface area contributed by atoms with Crippen molar-refractivity contribution in [1.82, 2.24) is 9.55 Å². The number of fused-ring (bicyclic) bond motifs is 4. The monoisotopic (exact) mass is 660 g/mol. The van der Waals surface area contributed by atoms with E-state index >= 15 is 0 Å². The Morgan fingerprint density at radius 1 is 0.635 bits per heavy atom. The van der Waals surface area contributed by atoms with Crippen molar-refractivity contribution >= 4 is 118 Å². The van der Waals surface area contributed by atoms with Crippen molar-refractivity contribution in [2.45, 2.75) is 19.8 Å². The Morgan fingerprint density at radius 3 is 1.83 bits per heavy atom. The number of rotatable bonds is 6. The Balaban J connectivity index is 1.43. The molecule has 1 aromatic heterocycles. The van der Waals surface area contributed by atoms with Gasteiger partial charge < -0.3 is 0 Å². The molecular weight excluding hydrogens is 621 g/mol. The molecule has 0 aliphatic carbocycles. The molecule has 242 valence electrons. The highest BCUT2D eigenvalue weighted by atomic mass is 15.1. The molecule has 0 spiro atoms. The first-order chi connectivity index (χ1) is 25.2. The van der Waals surface area contributed by atoms with Crippen molar-refractivity contribution in [3.63, 3.8) is 0 Å². The van der Waals surface area contributed by atoms with Crippen LogP contribution < -0.4 is 21.9 Å². The molecule has 0 aliphatic rings. The summed E-state index contributed by atoms with van der Waals surface area (Å²) in [5.41, 5.74) is 17.4. The number of benzene rings is 7. The van der Waals surface area contributed by atoms with Gasteiger partial charge in [-0.15, -0.1) is 17.3 Å². The van der Waals surface area contributed by atoms with Gasteiger partial charge in [-0.05, 0) is 84.8 Å². The minimum absolute atomic E-state index is 0.812. The van der Waals surface area contributed by atoms with Crippen molar-refractivity contribution in [1.29, 1.82) is 0 Å². The molecule has 0 unspecified atom stereocenters. The van der Waals surface area contributed by atoms with Gasteiger partial charge in [-0.1, -0.05) is 120 Å². The smallest absolute Gasteiger partial charge is 0.149 e. The molecule has 8 aromatic rings. The lowest BCUT2D eigenvalue weighted by Gasteiger charge is -2.25. The molecule has 0 saturated heterocycles. The Labute approximate surface area is 312 Å². The molecule has 0 saturated carbocycles. The summed E-state index contributed by atoms with van der Waals surface area (Å²) in [4.78, 5) is 5.02. The lowest BCUT2D eigenvalue weighted by Crippen LogP contribution is -2.50. The van der Waals surface area contributed by atoms with Gasteiger partial charge in [-0.2, -0.15) is 0 Å². The average molecular weight is 660 g/mol. The van der Waals surface area contributed by atoms with Gasteiger partial charge in [0.1, 0.15) is 52.9 Å². The summed E-state index contributed by atoms with van der Waals surface area (Å²) in [5, 5.41) is 7.56. The number of hydrogen-bond donors (Lipinski definition) is 0. The van der Waals surface area contributed by atoms with Crippen LogP contribution in [0.3, 0.4) is 0 Å². The number of allylic oxidation sites excluding steroid dienone is 1. The third-order valence-electron chi connectivity index (χ3n) is 11.7. The third kappa shape index (κ3) is 5.17. The first-order valence-corrected chi connectivity index (χ1v) is 18.4. The minimum Gasteiger partial charge on any atom is -0.296 e. The number of terminal acetylenes is 1. The zero-order valence-electron chi connectivity index (χ0n) is 31.3. The summed E-state index contributed by atoms with van der Waals surface area (Å²) in [6.45, 7) is 2.19. The summed E-state index contributed by atoms with van der Waals surface area (Å²) in [5.74, 6) is 4.00. The van der Waals surface area contributed by atoms with E-state index in [2.05, 4.69) is 174 Å². The molecule has 52 heavy (non-hydrogen) atoms. The van der Waals surface area contributed by atoms with Crippen molar-refractivity contribution in [3.8, 4) is 29.2 Å². The van der Waals surface area contributed by atoms with Crippen LogP contribution >= 0.6 is 0 Å². The second kappa shape index (κ2) is 13.2. The largest absolute Gasteiger partial charge is 0.296 e. The van der Waals surface area contributed by atoms with Crippen LogP contribution in [0.4, 0.5) is 0 Å². The van der Waals surface area contributed by atoms with Gasteiger partial charge in [0, 0.05) is 11.8 Å². The van der Waals surface area contributed by atoms with E-state index in [1.165, 1.54) is 87.5 Å². The summed E-state index contributed by atoms with van der Waals surface area (Å²) in [6.07, 6.45) is 7.65. The molecule has 1 heterocycles.